The number of fused-ring (bicyclic) bond motifs is 1. The minimum Gasteiger partial charge on any atom is -0.493 e. The number of anilines is 1. The van der Waals surface area contributed by atoms with Crippen molar-refractivity contribution >= 4 is 27.7 Å². The Bertz CT molecular complexity index is 1190. The van der Waals surface area contributed by atoms with Crippen molar-refractivity contribution in [2.24, 2.45) is 0 Å². The second kappa shape index (κ2) is 7.85. The number of nitrogens with zero attached hydrogens (tertiary/aromatic N) is 3. The van der Waals surface area contributed by atoms with Crippen molar-refractivity contribution in [3.63, 3.8) is 0 Å². The molecule has 0 fully saturated rings. The van der Waals surface area contributed by atoms with E-state index in [1.165, 1.54) is 6.33 Å². The fourth-order valence-electron chi connectivity index (χ4n) is 4.45. The monoisotopic (exact) mass is 480 g/mol. The number of carbonyl (C=O) groups excluding carboxylic acids is 1. The minimum absolute atomic E-state index is 0.0404. The summed E-state index contributed by atoms with van der Waals surface area (Å²) in [5, 5.41) is 7.75. The molecular formula is C23H21BrN4O3. The van der Waals surface area contributed by atoms with Gasteiger partial charge in [-0.1, -0.05) is 34.1 Å². The summed E-state index contributed by atoms with van der Waals surface area (Å²) in [6.45, 7) is 0. The van der Waals surface area contributed by atoms with Crippen molar-refractivity contribution < 1.29 is 14.3 Å². The molecule has 0 radical (unpaired) electrons. The van der Waals surface area contributed by atoms with E-state index in [-0.39, 0.29) is 17.7 Å². The van der Waals surface area contributed by atoms with E-state index in [0.29, 0.717) is 30.3 Å². The van der Waals surface area contributed by atoms with E-state index in [1.54, 1.807) is 18.9 Å². The van der Waals surface area contributed by atoms with E-state index in [1.807, 2.05) is 42.5 Å². The zero-order valence-electron chi connectivity index (χ0n) is 17.1. The molecule has 1 N–H and O–H groups in total. The summed E-state index contributed by atoms with van der Waals surface area (Å²) in [7, 11) is 3.23. The number of aromatic nitrogens is 3. The van der Waals surface area contributed by atoms with Gasteiger partial charge in [-0.15, -0.1) is 0 Å². The lowest BCUT2D eigenvalue weighted by molar-refractivity contribution is -0.116. The van der Waals surface area contributed by atoms with Crippen molar-refractivity contribution in [3.05, 3.63) is 75.7 Å². The SMILES string of the molecule is COc1ccc([C@@H]2CC(=O)C3=C(C2)Nc2ncnn2[C@H]3c2ccc(Br)cc2)cc1OC. The third-order valence-electron chi connectivity index (χ3n) is 5.93. The summed E-state index contributed by atoms with van der Waals surface area (Å²) >= 11 is 3.48. The molecule has 2 aliphatic rings. The maximum atomic E-state index is 13.4. The molecule has 1 aliphatic carbocycles. The molecule has 1 aliphatic heterocycles. The number of ether oxygens (including phenoxy) is 2. The highest BCUT2D eigenvalue weighted by Gasteiger charge is 2.39. The van der Waals surface area contributed by atoms with Gasteiger partial charge in [0.15, 0.2) is 17.3 Å². The van der Waals surface area contributed by atoms with Crippen molar-refractivity contribution in [3.8, 4) is 11.5 Å². The van der Waals surface area contributed by atoms with Gasteiger partial charge in [0.05, 0.1) is 14.2 Å². The molecule has 8 heteroatoms. The van der Waals surface area contributed by atoms with E-state index >= 15 is 0 Å². The summed E-state index contributed by atoms with van der Waals surface area (Å²) in [6.07, 6.45) is 2.65. The molecule has 0 saturated heterocycles. The summed E-state index contributed by atoms with van der Waals surface area (Å²) in [6, 6.07) is 13.6. The Labute approximate surface area is 188 Å². The van der Waals surface area contributed by atoms with Crippen LogP contribution < -0.4 is 14.8 Å². The Morgan fingerprint density at radius 3 is 2.52 bits per heavy atom. The standard InChI is InChI=1S/C23H21BrN4O3/c1-30-19-8-5-14(11-20(19)31-2)15-9-17-21(18(29)10-15)22(13-3-6-16(24)7-4-13)28-23(27-17)25-12-26-28/h3-8,11-12,15,22H,9-10H2,1-2H3,(H,25,26,27)/t15-,22-/m0/s1. The van der Waals surface area contributed by atoms with Gasteiger partial charge in [0.25, 0.3) is 0 Å². The summed E-state index contributed by atoms with van der Waals surface area (Å²) in [5.74, 6) is 2.14. The van der Waals surface area contributed by atoms with Crippen molar-refractivity contribution in [1.82, 2.24) is 14.8 Å². The van der Waals surface area contributed by atoms with Gasteiger partial charge < -0.3 is 14.8 Å². The first-order chi connectivity index (χ1) is 15.1. The van der Waals surface area contributed by atoms with Gasteiger partial charge >= 0.3 is 0 Å². The minimum atomic E-state index is -0.291. The highest BCUT2D eigenvalue weighted by Crippen LogP contribution is 2.44. The molecule has 0 saturated carbocycles. The predicted octanol–water partition coefficient (Wildman–Crippen LogP) is 4.47. The van der Waals surface area contributed by atoms with Crippen LogP contribution in [0.25, 0.3) is 0 Å². The smallest absolute Gasteiger partial charge is 0.226 e. The number of rotatable bonds is 4. The van der Waals surface area contributed by atoms with E-state index in [2.05, 4.69) is 31.3 Å². The van der Waals surface area contributed by atoms with Crippen molar-refractivity contribution in [1.29, 1.82) is 0 Å². The molecule has 0 bridgehead atoms. The average molecular weight is 481 g/mol. The third-order valence-corrected chi connectivity index (χ3v) is 6.46. The molecule has 7 nitrogen and oxygen atoms in total. The van der Waals surface area contributed by atoms with Gasteiger partial charge in [0.1, 0.15) is 12.4 Å². The molecule has 0 unspecified atom stereocenters. The Kier molecular flexibility index (Phi) is 5.02. The summed E-state index contributed by atoms with van der Waals surface area (Å²) in [4.78, 5) is 17.8. The van der Waals surface area contributed by atoms with Crippen LogP contribution in [0.3, 0.4) is 0 Å². The number of nitrogens with one attached hydrogen (secondary N) is 1. The molecule has 0 amide bonds. The maximum Gasteiger partial charge on any atom is 0.226 e. The zero-order chi connectivity index (χ0) is 21.5. The zero-order valence-corrected chi connectivity index (χ0v) is 18.7. The number of methoxy groups -OCH3 is 2. The number of halogens is 1. The molecular weight excluding hydrogens is 460 g/mol. The molecule has 31 heavy (non-hydrogen) atoms. The molecule has 158 valence electrons. The second-order valence-electron chi connectivity index (χ2n) is 7.64. The van der Waals surface area contributed by atoms with Crippen LogP contribution >= 0.6 is 15.9 Å². The second-order valence-corrected chi connectivity index (χ2v) is 8.56. The Hall–Kier alpha value is -3.13. The molecule has 0 spiro atoms. The Morgan fingerprint density at radius 2 is 1.77 bits per heavy atom. The van der Waals surface area contributed by atoms with E-state index < -0.39 is 0 Å². The van der Waals surface area contributed by atoms with Crippen LogP contribution in [0.1, 0.15) is 35.9 Å². The first-order valence-corrected chi connectivity index (χ1v) is 10.8. The number of Topliss-reactive ketones (excluding diaryl/α,β-unsaturated/α-hetero) is 1. The number of hydrogen-bond acceptors (Lipinski definition) is 6. The summed E-state index contributed by atoms with van der Waals surface area (Å²) < 4.78 is 13.6. The number of hydrogen-bond donors (Lipinski definition) is 1. The number of benzene rings is 2. The molecule has 2 aromatic carbocycles. The average Bonchev–Trinajstić information content (AvgIpc) is 3.26. The van der Waals surface area contributed by atoms with Crippen molar-refractivity contribution in [2.45, 2.75) is 24.8 Å². The lowest BCUT2D eigenvalue weighted by Gasteiger charge is -2.35. The quantitative estimate of drug-likeness (QED) is 0.593. The van der Waals surface area contributed by atoms with E-state index in [4.69, 9.17) is 9.47 Å². The maximum absolute atomic E-state index is 13.4. The first kappa shape index (κ1) is 19.8. The lowest BCUT2D eigenvalue weighted by atomic mass is 9.78. The number of carbonyl (C=O) groups is 1. The van der Waals surface area contributed by atoms with E-state index in [0.717, 1.165) is 26.9 Å². The van der Waals surface area contributed by atoms with Crippen LogP contribution in [0.2, 0.25) is 0 Å². The van der Waals surface area contributed by atoms with Gasteiger partial charge in [-0.25, -0.2) is 4.68 Å². The lowest BCUT2D eigenvalue weighted by Crippen LogP contribution is -2.33. The van der Waals surface area contributed by atoms with Crippen LogP contribution in [0.5, 0.6) is 11.5 Å². The Balaban J connectivity index is 1.55. The predicted molar refractivity (Wildman–Crippen MR) is 119 cm³/mol. The fraction of sp³-hybridized carbons (Fsp3) is 0.261. The third kappa shape index (κ3) is 3.40. The van der Waals surface area contributed by atoms with Crippen LogP contribution in [0.4, 0.5) is 5.95 Å². The van der Waals surface area contributed by atoms with Crippen LogP contribution in [0, 0.1) is 0 Å². The van der Waals surface area contributed by atoms with Gasteiger partial charge in [0, 0.05) is 22.2 Å². The van der Waals surface area contributed by atoms with Gasteiger partial charge in [-0.05, 0) is 47.7 Å². The number of allylic oxidation sites excluding steroid dienone is 2. The van der Waals surface area contributed by atoms with E-state index in [9.17, 15) is 4.79 Å². The van der Waals surface area contributed by atoms with Crippen LogP contribution in [0.15, 0.2) is 64.5 Å². The van der Waals surface area contributed by atoms with Crippen LogP contribution in [-0.2, 0) is 4.79 Å². The molecule has 3 aromatic rings. The normalized spacial score (nSPS) is 20.0. The number of ketones is 1. The molecule has 1 aromatic heterocycles. The molecule has 5 rings (SSSR count). The molecule has 2 atom stereocenters. The van der Waals surface area contributed by atoms with Gasteiger partial charge in [-0.2, -0.15) is 10.1 Å². The topological polar surface area (TPSA) is 78.3 Å². The van der Waals surface area contributed by atoms with Crippen molar-refractivity contribution in [2.75, 3.05) is 19.5 Å². The molecule has 2 heterocycles. The highest BCUT2D eigenvalue weighted by atomic mass is 79.9. The Morgan fingerprint density at radius 1 is 1.03 bits per heavy atom. The van der Waals surface area contributed by atoms with Gasteiger partial charge in [0.2, 0.25) is 5.95 Å². The first-order valence-electron chi connectivity index (χ1n) is 9.99. The van der Waals surface area contributed by atoms with Gasteiger partial charge in [-0.3, -0.25) is 4.79 Å². The van der Waals surface area contributed by atoms with Crippen LogP contribution in [-0.4, -0.2) is 34.8 Å². The largest absolute Gasteiger partial charge is 0.493 e. The fourth-order valence-corrected chi connectivity index (χ4v) is 4.71. The highest BCUT2D eigenvalue weighted by molar-refractivity contribution is 9.10. The summed E-state index contributed by atoms with van der Waals surface area (Å²) in [5.41, 5.74) is 3.72.